The minimum Gasteiger partial charge on any atom is -0.390 e. The summed E-state index contributed by atoms with van der Waals surface area (Å²) in [7, 11) is 1.53. The molecular weight excluding hydrogens is 264 g/mol. The van der Waals surface area contributed by atoms with Gasteiger partial charge >= 0.3 is 0 Å². The summed E-state index contributed by atoms with van der Waals surface area (Å²) in [5, 5.41) is 6.84. The lowest BCUT2D eigenvalue weighted by molar-refractivity contribution is 0.0950. The molecule has 1 aliphatic carbocycles. The van der Waals surface area contributed by atoms with Gasteiger partial charge in [0.2, 0.25) is 0 Å². The Balaban J connectivity index is 2.04. The van der Waals surface area contributed by atoms with Crippen molar-refractivity contribution in [2.24, 2.45) is 0 Å². The molecule has 2 aromatic rings. The maximum absolute atomic E-state index is 11.4. The normalized spacial score (nSPS) is 14.2. The van der Waals surface area contributed by atoms with Gasteiger partial charge in [0, 0.05) is 11.9 Å². The lowest BCUT2D eigenvalue weighted by Crippen LogP contribution is -2.19. The number of hydrogen-bond acceptors (Lipinski definition) is 6. The average molecular weight is 278 g/mol. The van der Waals surface area contributed by atoms with E-state index < -0.39 is 0 Å². The zero-order valence-electron chi connectivity index (χ0n) is 10.5. The van der Waals surface area contributed by atoms with Crippen molar-refractivity contribution >= 4 is 22.2 Å². The summed E-state index contributed by atoms with van der Waals surface area (Å²) in [5.74, 6) is 0.0147. The molecule has 0 radical (unpaired) electrons. The van der Waals surface area contributed by atoms with Crippen molar-refractivity contribution in [3.05, 3.63) is 16.3 Å². The first-order chi connectivity index (χ1) is 9.20. The zero-order chi connectivity index (χ0) is 13.4. The van der Waals surface area contributed by atoms with Crippen molar-refractivity contribution in [1.82, 2.24) is 15.5 Å². The van der Waals surface area contributed by atoms with Gasteiger partial charge in [-0.1, -0.05) is 5.16 Å². The van der Waals surface area contributed by atoms with Gasteiger partial charge in [0.15, 0.2) is 0 Å². The van der Waals surface area contributed by atoms with E-state index in [1.807, 2.05) is 0 Å². The van der Waals surface area contributed by atoms with Gasteiger partial charge in [-0.3, -0.25) is 4.79 Å². The van der Waals surface area contributed by atoms with Crippen LogP contribution in [0.4, 0.5) is 5.00 Å². The molecule has 0 aromatic carbocycles. The van der Waals surface area contributed by atoms with Crippen LogP contribution in [0.1, 0.15) is 33.9 Å². The van der Waals surface area contributed by atoms with Crippen molar-refractivity contribution < 1.29 is 9.32 Å². The lowest BCUT2D eigenvalue weighted by Gasteiger charge is -2.10. The highest BCUT2D eigenvalue weighted by atomic mass is 32.1. The van der Waals surface area contributed by atoms with Gasteiger partial charge < -0.3 is 15.6 Å². The quantitative estimate of drug-likeness (QED) is 0.870. The van der Waals surface area contributed by atoms with Gasteiger partial charge in [-0.2, -0.15) is 4.98 Å². The number of aromatic nitrogens is 2. The molecule has 2 aromatic heterocycles. The lowest BCUT2D eigenvalue weighted by atomic mass is 9.95. The number of amides is 1. The molecule has 0 saturated carbocycles. The van der Waals surface area contributed by atoms with Crippen LogP contribution in [0, 0.1) is 0 Å². The largest absolute Gasteiger partial charge is 0.390 e. The van der Waals surface area contributed by atoms with E-state index in [1.54, 1.807) is 11.3 Å². The number of nitrogens with zero attached hydrogens (tertiary/aromatic N) is 2. The Bertz CT molecular complexity index is 632. The number of rotatable bonds is 2. The molecule has 0 bridgehead atoms. The van der Waals surface area contributed by atoms with Gasteiger partial charge in [0.05, 0.1) is 10.6 Å². The molecule has 6 nitrogen and oxygen atoms in total. The molecule has 0 aliphatic heterocycles. The van der Waals surface area contributed by atoms with Crippen LogP contribution in [0.3, 0.4) is 0 Å². The summed E-state index contributed by atoms with van der Waals surface area (Å²) >= 11 is 1.58. The predicted octanol–water partition coefficient (Wildman–Crippen LogP) is 1.62. The number of anilines is 1. The highest BCUT2D eigenvalue weighted by molar-refractivity contribution is 7.16. The Morgan fingerprint density at radius 1 is 1.42 bits per heavy atom. The molecular formula is C12H14N4O2S. The van der Waals surface area contributed by atoms with E-state index >= 15 is 0 Å². The monoisotopic (exact) mass is 278 g/mol. The predicted molar refractivity (Wildman–Crippen MR) is 72.1 cm³/mol. The van der Waals surface area contributed by atoms with Crippen molar-refractivity contribution in [3.8, 4) is 11.5 Å². The highest BCUT2D eigenvalue weighted by Gasteiger charge is 2.25. The minimum absolute atomic E-state index is 0.0349. The van der Waals surface area contributed by atoms with Crippen LogP contribution in [0.15, 0.2) is 4.52 Å². The fourth-order valence-electron chi connectivity index (χ4n) is 2.35. The Morgan fingerprint density at radius 3 is 3.00 bits per heavy atom. The molecule has 7 heteroatoms. The second-order valence-electron chi connectivity index (χ2n) is 4.45. The van der Waals surface area contributed by atoms with Crippen LogP contribution < -0.4 is 11.1 Å². The first-order valence-electron chi connectivity index (χ1n) is 6.17. The number of hydrogen-bond donors (Lipinski definition) is 2. The topological polar surface area (TPSA) is 94.0 Å². The molecule has 1 amide bonds. The van der Waals surface area contributed by atoms with E-state index in [0.29, 0.717) is 10.9 Å². The molecule has 0 fully saturated rings. The van der Waals surface area contributed by atoms with E-state index in [4.69, 9.17) is 10.3 Å². The maximum Gasteiger partial charge on any atom is 0.292 e. The second kappa shape index (κ2) is 4.65. The van der Waals surface area contributed by atoms with Crippen molar-refractivity contribution in [3.63, 3.8) is 0 Å². The average Bonchev–Trinajstić information content (AvgIpc) is 3.00. The molecule has 100 valence electrons. The number of nitrogens with two attached hydrogens (primary N) is 1. The summed E-state index contributed by atoms with van der Waals surface area (Å²) in [6.07, 6.45) is 4.38. The third-order valence-corrected chi connectivity index (χ3v) is 4.39. The van der Waals surface area contributed by atoms with Crippen LogP contribution in [0.25, 0.3) is 11.5 Å². The molecule has 0 unspecified atom stereocenters. The smallest absolute Gasteiger partial charge is 0.292 e. The van der Waals surface area contributed by atoms with Crippen LogP contribution in [-0.4, -0.2) is 23.1 Å². The third kappa shape index (κ3) is 1.99. The van der Waals surface area contributed by atoms with Gasteiger partial charge in [-0.05, 0) is 31.2 Å². The molecule has 0 spiro atoms. The summed E-state index contributed by atoms with van der Waals surface area (Å²) in [6, 6.07) is 0. The summed E-state index contributed by atoms with van der Waals surface area (Å²) in [5.41, 5.74) is 8.09. The zero-order valence-corrected chi connectivity index (χ0v) is 11.3. The second-order valence-corrected chi connectivity index (χ2v) is 5.59. The molecule has 0 saturated heterocycles. The van der Waals surface area contributed by atoms with Crippen LogP contribution >= 0.6 is 11.3 Å². The molecule has 2 heterocycles. The number of nitrogen functional groups attached to an aromatic ring is 1. The molecule has 1 aliphatic rings. The third-order valence-electron chi connectivity index (χ3n) is 3.27. The first-order valence-corrected chi connectivity index (χ1v) is 6.98. The highest BCUT2D eigenvalue weighted by Crippen LogP contribution is 2.41. The van der Waals surface area contributed by atoms with Crippen LogP contribution in [0.5, 0.6) is 0 Å². The maximum atomic E-state index is 11.4. The Morgan fingerprint density at radius 2 is 2.21 bits per heavy atom. The Kier molecular flexibility index (Phi) is 2.98. The fourth-order valence-corrected chi connectivity index (χ4v) is 3.50. The van der Waals surface area contributed by atoms with Crippen LogP contribution in [-0.2, 0) is 12.8 Å². The Labute approximate surface area is 114 Å². The number of carbonyl (C=O) groups excluding carboxylic acids is 1. The molecule has 19 heavy (non-hydrogen) atoms. The van der Waals surface area contributed by atoms with E-state index in [1.165, 1.54) is 23.9 Å². The first kappa shape index (κ1) is 12.2. The summed E-state index contributed by atoms with van der Waals surface area (Å²) < 4.78 is 5.18. The van der Waals surface area contributed by atoms with E-state index in [9.17, 15) is 4.79 Å². The van der Waals surface area contributed by atoms with Gasteiger partial charge in [-0.15, -0.1) is 11.3 Å². The number of aryl methyl sites for hydroxylation is 1. The van der Waals surface area contributed by atoms with E-state index in [0.717, 1.165) is 24.8 Å². The molecule has 3 rings (SSSR count). The molecule has 3 N–H and O–H groups in total. The SMILES string of the molecule is CNC(=O)c1noc(-c2c(N)sc3c2CCCC3)n1. The van der Waals surface area contributed by atoms with Gasteiger partial charge in [0.1, 0.15) is 0 Å². The van der Waals surface area contributed by atoms with Gasteiger partial charge in [0.25, 0.3) is 17.6 Å². The number of thiophene rings is 1. The van der Waals surface area contributed by atoms with E-state index in [2.05, 4.69) is 15.5 Å². The minimum atomic E-state index is -0.363. The number of carbonyl (C=O) groups is 1. The van der Waals surface area contributed by atoms with Crippen LogP contribution in [0.2, 0.25) is 0 Å². The van der Waals surface area contributed by atoms with Crippen molar-refractivity contribution in [1.29, 1.82) is 0 Å². The number of fused-ring (bicyclic) bond motifs is 1. The van der Waals surface area contributed by atoms with E-state index in [-0.39, 0.29) is 11.7 Å². The molecule has 0 atom stereocenters. The van der Waals surface area contributed by atoms with Crippen molar-refractivity contribution in [2.45, 2.75) is 25.7 Å². The fraction of sp³-hybridized carbons (Fsp3) is 0.417. The van der Waals surface area contributed by atoms with Gasteiger partial charge in [-0.25, -0.2) is 0 Å². The Hall–Kier alpha value is -1.89. The number of nitrogens with one attached hydrogen (secondary N) is 1. The van der Waals surface area contributed by atoms with Crippen molar-refractivity contribution in [2.75, 3.05) is 12.8 Å². The summed E-state index contributed by atoms with van der Waals surface area (Å²) in [4.78, 5) is 16.9. The standard InChI is InChI=1S/C12H14N4O2S/c1-14-11(17)10-15-12(18-16-10)8-6-4-2-3-5-7(6)19-9(8)13/h2-5,13H2,1H3,(H,14,17). The summed E-state index contributed by atoms with van der Waals surface area (Å²) in [6.45, 7) is 0.